The normalized spacial score (nSPS) is 10.2. The van der Waals surface area contributed by atoms with E-state index in [1.807, 2.05) is 0 Å². The van der Waals surface area contributed by atoms with Crippen LogP contribution in [-0.4, -0.2) is 5.78 Å². The molecule has 0 aliphatic carbocycles. The second-order valence-corrected chi connectivity index (χ2v) is 4.05. The Morgan fingerprint density at radius 1 is 1.31 bits per heavy atom. The lowest BCUT2D eigenvalue weighted by Crippen LogP contribution is -2.00. The van der Waals surface area contributed by atoms with Crippen molar-refractivity contribution in [3.63, 3.8) is 0 Å². The van der Waals surface area contributed by atoms with Gasteiger partial charge >= 0.3 is 0 Å². The van der Waals surface area contributed by atoms with Crippen molar-refractivity contribution in [2.45, 2.75) is 6.92 Å². The zero-order valence-electron chi connectivity index (χ0n) is 6.50. The zero-order chi connectivity index (χ0) is 10.2. The van der Waals surface area contributed by atoms with E-state index in [-0.39, 0.29) is 14.5 Å². The summed E-state index contributed by atoms with van der Waals surface area (Å²) in [6, 6.07) is 1.12. The largest absolute Gasteiger partial charge is 0.294 e. The average Bonchev–Trinajstić information content (AvgIpc) is 2.07. The van der Waals surface area contributed by atoms with Crippen molar-refractivity contribution in [2.75, 3.05) is 0 Å². The number of Topliss-reactive ketones (excluding diaryl/α,β-unsaturated/α-hetero) is 1. The maximum absolute atomic E-state index is 13.2. The van der Waals surface area contributed by atoms with Crippen molar-refractivity contribution in [1.82, 2.24) is 0 Å². The number of carbonyl (C=O) groups excluding carboxylic acids is 1. The quantitative estimate of drug-likeness (QED) is 0.439. The first-order valence-electron chi connectivity index (χ1n) is 3.29. The first-order chi connectivity index (χ1) is 5.95. The molecule has 1 rings (SSSR count). The number of benzene rings is 1. The number of hydrogen-bond donors (Lipinski definition) is 0. The average molecular weight is 314 g/mol. The highest BCUT2D eigenvalue weighted by atomic mass is 79.9. The highest BCUT2D eigenvalue weighted by Gasteiger charge is 2.17. The van der Waals surface area contributed by atoms with E-state index < -0.39 is 17.4 Å². The third-order valence-corrected chi connectivity index (χ3v) is 2.76. The summed E-state index contributed by atoms with van der Waals surface area (Å²) in [5.74, 6) is -2.06. The lowest BCUT2D eigenvalue weighted by molar-refractivity contribution is 0.101. The van der Waals surface area contributed by atoms with E-state index in [1.165, 1.54) is 6.92 Å². The van der Waals surface area contributed by atoms with Gasteiger partial charge in [0, 0.05) is 0 Å². The molecule has 0 saturated carbocycles. The van der Waals surface area contributed by atoms with Crippen LogP contribution < -0.4 is 0 Å². The third-order valence-electron chi connectivity index (χ3n) is 1.48. The standard InChI is InChI=1S/C8H4Br2F2O/c1-3(13)4-2-5(9)8(12)6(10)7(4)11/h2H,1H3. The number of rotatable bonds is 1. The molecule has 5 heteroatoms. The highest BCUT2D eigenvalue weighted by Crippen LogP contribution is 2.29. The van der Waals surface area contributed by atoms with Crippen molar-refractivity contribution < 1.29 is 13.6 Å². The van der Waals surface area contributed by atoms with E-state index in [2.05, 4.69) is 31.9 Å². The van der Waals surface area contributed by atoms with Crippen LogP contribution in [0.5, 0.6) is 0 Å². The maximum atomic E-state index is 13.2. The smallest absolute Gasteiger partial charge is 0.162 e. The molecule has 1 nitrogen and oxygen atoms in total. The van der Waals surface area contributed by atoms with Crippen LogP contribution in [0.25, 0.3) is 0 Å². The molecular formula is C8H4Br2F2O. The van der Waals surface area contributed by atoms with Crippen LogP contribution in [0, 0.1) is 11.6 Å². The van der Waals surface area contributed by atoms with Gasteiger partial charge in [-0.15, -0.1) is 0 Å². The van der Waals surface area contributed by atoms with Crippen molar-refractivity contribution in [3.05, 3.63) is 32.2 Å². The third kappa shape index (κ3) is 1.96. The predicted octanol–water partition coefficient (Wildman–Crippen LogP) is 3.69. The number of halogens is 4. The van der Waals surface area contributed by atoms with E-state index >= 15 is 0 Å². The summed E-state index contributed by atoms with van der Waals surface area (Å²) in [6.45, 7) is 1.22. The molecule has 0 aromatic heterocycles. The molecule has 0 radical (unpaired) electrons. The van der Waals surface area contributed by atoms with E-state index in [0.717, 1.165) is 6.07 Å². The number of carbonyl (C=O) groups is 1. The number of ketones is 1. The predicted molar refractivity (Wildman–Crippen MR) is 51.8 cm³/mol. The summed E-state index contributed by atoms with van der Waals surface area (Å²) in [5, 5.41) is 0. The van der Waals surface area contributed by atoms with Gasteiger partial charge in [-0.05, 0) is 44.8 Å². The van der Waals surface area contributed by atoms with Gasteiger partial charge in [-0.1, -0.05) is 0 Å². The minimum atomic E-state index is -0.867. The van der Waals surface area contributed by atoms with Crippen LogP contribution in [0.2, 0.25) is 0 Å². The van der Waals surface area contributed by atoms with E-state index in [1.54, 1.807) is 0 Å². The van der Waals surface area contributed by atoms with Crippen molar-refractivity contribution in [3.8, 4) is 0 Å². The zero-order valence-corrected chi connectivity index (χ0v) is 9.67. The summed E-state index contributed by atoms with van der Waals surface area (Å²) in [7, 11) is 0. The highest BCUT2D eigenvalue weighted by molar-refractivity contribution is 9.11. The van der Waals surface area contributed by atoms with Crippen LogP contribution in [0.3, 0.4) is 0 Å². The van der Waals surface area contributed by atoms with Gasteiger partial charge in [0.15, 0.2) is 17.4 Å². The van der Waals surface area contributed by atoms with Gasteiger partial charge in [0.05, 0.1) is 14.5 Å². The Labute approximate surface area is 90.4 Å². The van der Waals surface area contributed by atoms with Crippen LogP contribution in [0.4, 0.5) is 8.78 Å². The second-order valence-electron chi connectivity index (χ2n) is 2.40. The van der Waals surface area contributed by atoms with Crippen LogP contribution >= 0.6 is 31.9 Å². The van der Waals surface area contributed by atoms with Gasteiger partial charge in [0.2, 0.25) is 0 Å². The molecule has 13 heavy (non-hydrogen) atoms. The summed E-state index contributed by atoms with van der Waals surface area (Å²) in [5.41, 5.74) is -0.139. The molecule has 0 spiro atoms. The molecule has 1 aromatic rings. The molecule has 0 amide bonds. The topological polar surface area (TPSA) is 17.1 Å². The second kappa shape index (κ2) is 3.84. The molecule has 0 aliphatic rings. The van der Waals surface area contributed by atoms with Gasteiger partial charge < -0.3 is 0 Å². The molecule has 1 aromatic carbocycles. The summed E-state index contributed by atoms with van der Waals surface area (Å²) < 4.78 is 25.9. The minimum absolute atomic E-state index is 0.0611. The number of hydrogen-bond acceptors (Lipinski definition) is 1. The summed E-state index contributed by atoms with van der Waals surface area (Å²) >= 11 is 5.59. The fraction of sp³-hybridized carbons (Fsp3) is 0.125. The van der Waals surface area contributed by atoms with Gasteiger partial charge in [-0.3, -0.25) is 4.79 Å². The summed E-state index contributed by atoms with van der Waals surface area (Å²) in [6.07, 6.45) is 0. The van der Waals surface area contributed by atoms with Crippen molar-refractivity contribution in [1.29, 1.82) is 0 Å². The Balaban J connectivity index is 3.50. The van der Waals surface area contributed by atoms with E-state index in [4.69, 9.17) is 0 Å². The molecule has 0 fully saturated rings. The molecule has 0 heterocycles. The van der Waals surface area contributed by atoms with E-state index in [0.29, 0.717) is 0 Å². The molecule has 0 bridgehead atoms. The SMILES string of the molecule is CC(=O)c1cc(Br)c(F)c(Br)c1F. The summed E-state index contributed by atoms with van der Waals surface area (Å²) in [4.78, 5) is 10.9. The lowest BCUT2D eigenvalue weighted by atomic mass is 10.1. The Kier molecular flexibility index (Phi) is 3.18. The fourth-order valence-corrected chi connectivity index (χ4v) is 1.95. The van der Waals surface area contributed by atoms with Gasteiger partial charge in [0.1, 0.15) is 0 Å². The molecule has 70 valence electrons. The van der Waals surface area contributed by atoms with Crippen LogP contribution in [0.1, 0.15) is 17.3 Å². The Morgan fingerprint density at radius 2 is 1.85 bits per heavy atom. The molecule has 0 atom stereocenters. The molecule has 0 saturated heterocycles. The van der Waals surface area contributed by atoms with Crippen molar-refractivity contribution >= 4 is 37.6 Å². The first-order valence-corrected chi connectivity index (χ1v) is 4.87. The monoisotopic (exact) mass is 312 g/mol. The first kappa shape index (κ1) is 10.8. The van der Waals surface area contributed by atoms with Gasteiger partial charge in [-0.25, -0.2) is 8.78 Å². The molecule has 0 aliphatic heterocycles. The Bertz CT molecular complexity index is 377. The minimum Gasteiger partial charge on any atom is -0.294 e. The van der Waals surface area contributed by atoms with Crippen molar-refractivity contribution in [2.24, 2.45) is 0 Å². The maximum Gasteiger partial charge on any atom is 0.162 e. The van der Waals surface area contributed by atoms with Gasteiger partial charge in [0.25, 0.3) is 0 Å². The lowest BCUT2D eigenvalue weighted by Gasteiger charge is -2.03. The molecule has 0 unspecified atom stereocenters. The van der Waals surface area contributed by atoms with Crippen LogP contribution in [0.15, 0.2) is 15.0 Å². The van der Waals surface area contributed by atoms with E-state index in [9.17, 15) is 13.6 Å². The Hall–Kier alpha value is -0.290. The van der Waals surface area contributed by atoms with Gasteiger partial charge in [-0.2, -0.15) is 0 Å². The van der Waals surface area contributed by atoms with Crippen LogP contribution in [-0.2, 0) is 0 Å². The molecule has 0 N–H and O–H groups in total. The fourth-order valence-electron chi connectivity index (χ4n) is 0.829. The molecular weight excluding hydrogens is 310 g/mol. The Morgan fingerprint density at radius 3 is 2.31 bits per heavy atom.